The molecule has 1 aliphatic rings. The predicted molar refractivity (Wildman–Crippen MR) is 120 cm³/mol. The Kier molecular flexibility index (Phi) is 6.54. The van der Waals surface area contributed by atoms with Crippen LogP contribution < -0.4 is 9.46 Å². The second kappa shape index (κ2) is 9.15. The largest absolute Gasteiger partial charge is 0.476 e. The number of aromatic nitrogens is 3. The van der Waals surface area contributed by atoms with Crippen molar-refractivity contribution < 1.29 is 31.1 Å². The van der Waals surface area contributed by atoms with Crippen molar-refractivity contribution in [1.82, 2.24) is 19.5 Å². The molecule has 0 radical (unpaired) electrons. The monoisotopic (exact) mass is 528 g/mol. The van der Waals surface area contributed by atoms with E-state index in [1.807, 2.05) is 4.72 Å². The van der Waals surface area contributed by atoms with Gasteiger partial charge in [0.2, 0.25) is 5.88 Å². The molecule has 186 valence electrons. The van der Waals surface area contributed by atoms with Crippen LogP contribution in [0, 0.1) is 11.3 Å². The lowest BCUT2D eigenvalue weighted by Gasteiger charge is -2.25. The summed E-state index contributed by atoms with van der Waals surface area (Å²) in [6.45, 7) is 1.35. The average molecular weight is 529 g/mol. The van der Waals surface area contributed by atoms with E-state index in [4.69, 9.17) is 16.3 Å². The molecule has 35 heavy (non-hydrogen) atoms. The molecule has 1 saturated carbocycles. The third-order valence-electron chi connectivity index (χ3n) is 5.94. The highest BCUT2D eigenvalue weighted by molar-refractivity contribution is 7.90. The Morgan fingerprint density at radius 2 is 1.89 bits per heavy atom. The number of nitrogens with one attached hydrogen (secondary N) is 1. The second-order valence-electron chi connectivity index (χ2n) is 8.22. The predicted octanol–water partition coefficient (Wildman–Crippen LogP) is 4.40. The first-order valence-corrected chi connectivity index (χ1v) is 12.3. The summed E-state index contributed by atoms with van der Waals surface area (Å²) in [6, 6.07) is 11.5. The van der Waals surface area contributed by atoms with Crippen LogP contribution in [0.2, 0.25) is 5.15 Å². The molecule has 1 fully saturated rings. The van der Waals surface area contributed by atoms with Crippen LogP contribution in [0.5, 0.6) is 5.88 Å². The number of sulfonamides is 1. The van der Waals surface area contributed by atoms with Crippen molar-refractivity contribution >= 4 is 27.5 Å². The first-order valence-electron chi connectivity index (χ1n) is 10.5. The quantitative estimate of drug-likeness (QED) is 0.435. The van der Waals surface area contributed by atoms with Gasteiger partial charge in [-0.05, 0) is 37.1 Å². The molecular formula is C22H20ClF3N4O4S. The highest BCUT2D eigenvalue weighted by Crippen LogP contribution is 2.62. The van der Waals surface area contributed by atoms with Crippen LogP contribution in [0.4, 0.5) is 13.2 Å². The molecule has 1 aromatic carbocycles. The summed E-state index contributed by atoms with van der Waals surface area (Å²) >= 11 is 6.11. The zero-order chi connectivity index (χ0) is 25.4. The van der Waals surface area contributed by atoms with E-state index in [-0.39, 0.29) is 46.8 Å². The lowest BCUT2D eigenvalue weighted by molar-refractivity contribution is -0.203. The number of halogens is 4. The molecule has 0 aliphatic heterocycles. The van der Waals surface area contributed by atoms with Gasteiger partial charge in [-0.3, -0.25) is 4.79 Å². The van der Waals surface area contributed by atoms with Crippen molar-refractivity contribution in [3.63, 3.8) is 0 Å². The highest BCUT2D eigenvalue weighted by atomic mass is 35.5. The van der Waals surface area contributed by atoms with Crippen LogP contribution in [0.1, 0.15) is 30.1 Å². The van der Waals surface area contributed by atoms with Crippen LogP contribution in [0.15, 0.2) is 59.6 Å². The summed E-state index contributed by atoms with van der Waals surface area (Å²) in [5, 5.41) is 3.86. The Hall–Kier alpha value is -3.12. The molecule has 1 aliphatic carbocycles. The third-order valence-corrected chi connectivity index (χ3v) is 7.57. The Balaban J connectivity index is 1.42. The molecular weight excluding hydrogens is 509 g/mol. The number of carbonyl (C=O) groups is 1. The Labute approximate surface area is 204 Å². The molecule has 13 heteroatoms. The molecule has 1 N–H and O–H groups in total. The molecule has 2 aromatic heterocycles. The summed E-state index contributed by atoms with van der Waals surface area (Å²) in [6.07, 6.45) is -2.63. The Bertz CT molecular complexity index is 1340. The number of alkyl halides is 3. The van der Waals surface area contributed by atoms with Gasteiger partial charge >= 0.3 is 6.18 Å². The van der Waals surface area contributed by atoms with E-state index in [2.05, 4.69) is 10.1 Å². The minimum Gasteiger partial charge on any atom is -0.476 e. The van der Waals surface area contributed by atoms with Crippen LogP contribution in [-0.4, -0.2) is 41.9 Å². The minimum absolute atomic E-state index is 0.0877. The maximum Gasteiger partial charge on any atom is 0.394 e. The van der Waals surface area contributed by atoms with Gasteiger partial charge in [-0.15, -0.1) is 5.10 Å². The fraction of sp³-hybridized carbons (Fsp3) is 0.318. The SMILES string of the molecule is CC(COc1ccn(-c2ccc(C(=O)NS(=O)(=O)c3ccccc3)c(Cl)n2)n1)C1(C(F)(F)F)CC1. The van der Waals surface area contributed by atoms with E-state index < -0.39 is 33.4 Å². The molecule has 1 amide bonds. The lowest BCUT2D eigenvalue weighted by atomic mass is 9.91. The van der Waals surface area contributed by atoms with Crippen molar-refractivity contribution in [1.29, 1.82) is 0 Å². The zero-order valence-corrected chi connectivity index (χ0v) is 19.9. The number of pyridine rings is 1. The van der Waals surface area contributed by atoms with Crippen molar-refractivity contribution in [3.05, 3.63) is 65.4 Å². The number of ether oxygens (including phenoxy) is 1. The molecule has 1 unspecified atom stereocenters. The molecule has 0 saturated heterocycles. The number of amides is 1. The molecule has 2 heterocycles. The van der Waals surface area contributed by atoms with E-state index >= 15 is 0 Å². The zero-order valence-electron chi connectivity index (χ0n) is 18.3. The first-order chi connectivity index (χ1) is 16.4. The number of hydrogen-bond donors (Lipinski definition) is 1. The van der Waals surface area contributed by atoms with Crippen LogP contribution in [0.25, 0.3) is 5.82 Å². The second-order valence-corrected chi connectivity index (χ2v) is 10.3. The molecule has 0 spiro atoms. The van der Waals surface area contributed by atoms with Crippen LogP contribution in [-0.2, 0) is 10.0 Å². The smallest absolute Gasteiger partial charge is 0.394 e. The molecule has 3 aromatic rings. The van der Waals surface area contributed by atoms with Gasteiger partial charge in [0.25, 0.3) is 15.9 Å². The molecule has 1 atom stereocenters. The Morgan fingerprint density at radius 3 is 2.49 bits per heavy atom. The fourth-order valence-corrected chi connectivity index (χ4v) is 4.85. The topological polar surface area (TPSA) is 103 Å². The van der Waals surface area contributed by atoms with Crippen molar-refractivity contribution in [2.75, 3.05) is 6.61 Å². The minimum atomic E-state index is -4.27. The molecule has 0 bridgehead atoms. The van der Waals surface area contributed by atoms with Crippen molar-refractivity contribution in [2.45, 2.75) is 30.8 Å². The van der Waals surface area contributed by atoms with Gasteiger partial charge in [-0.25, -0.2) is 22.8 Å². The van der Waals surface area contributed by atoms with E-state index in [0.29, 0.717) is 0 Å². The fourth-order valence-electron chi connectivity index (χ4n) is 3.63. The van der Waals surface area contributed by atoms with E-state index in [0.717, 1.165) is 0 Å². The maximum atomic E-state index is 13.2. The van der Waals surface area contributed by atoms with E-state index in [1.54, 1.807) is 6.07 Å². The van der Waals surface area contributed by atoms with Crippen LogP contribution >= 0.6 is 11.6 Å². The van der Waals surface area contributed by atoms with Gasteiger partial charge < -0.3 is 4.74 Å². The van der Waals surface area contributed by atoms with E-state index in [1.165, 1.54) is 60.3 Å². The number of carbonyl (C=O) groups excluding carboxylic acids is 1. The third kappa shape index (κ3) is 5.13. The van der Waals surface area contributed by atoms with Gasteiger partial charge in [0.15, 0.2) is 5.82 Å². The van der Waals surface area contributed by atoms with Crippen LogP contribution in [0.3, 0.4) is 0 Å². The van der Waals surface area contributed by atoms with Gasteiger partial charge in [0.1, 0.15) is 5.15 Å². The summed E-state index contributed by atoms with van der Waals surface area (Å²) in [7, 11) is -4.10. The summed E-state index contributed by atoms with van der Waals surface area (Å²) < 4.78 is 73.1. The van der Waals surface area contributed by atoms with Gasteiger partial charge in [-0.1, -0.05) is 36.7 Å². The normalized spacial score (nSPS) is 15.9. The van der Waals surface area contributed by atoms with Crippen molar-refractivity contribution in [3.8, 4) is 11.7 Å². The van der Waals surface area contributed by atoms with Crippen molar-refractivity contribution in [2.24, 2.45) is 11.3 Å². The average Bonchev–Trinajstić information content (AvgIpc) is 3.50. The number of nitrogens with zero attached hydrogens (tertiary/aromatic N) is 3. The molecule has 8 nitrogen and oxygen atoms in total. The highest BCUT2D eigenvalue weighted by Gasteiger charge is 2.65. The summed E-state index contributed by atoms with van der Waals surface area (Å²) in [4.78, 5) is 16.5. The first kappa shape index (κ1) is 25.0. The summed E-state index contributed by atoms with van der Waals surface area (Å²) in [5.41, 5.74) is -1.87. The van der Waals surface area contributed by atoms with E-state index in [9.17, 15) is 26.4 Å². The number of hydrogen-bond acceptors (Lipinski definition) is 6. The number of rotatable bonds is 8. The van der Waals surface area contributed by atoms with Gasteiger partial charge in [0, 0.05) is 18.2 Å². The van der Waals surface area contributed by atoms with Gasteiger partial charge in [-0.2, -0.15) is 13.2 Å². The standard InChI is InChI=1S/C22H20ClF3N4O4S/c1-14(21(10-11-21)22(24,25)26)13-34-18-9-12-30(28-18)17-8-7-16(19(23)27-17)20(31)29-35(32,33)15-5-3-2-4-6-15/h2-9,12,14H,10-11,13H2,1H3,(H,29,31). The Morgan fingerprint density at radius 1 is 1.20 bits per heavy atom. The number of benzene rings is 1. The van der Waals surface area contributed by atoms with Gasteiger partial charge in [0.05, 0.1) is 22.5 Å². The molecule has 4 rings (SSSR count). The lowest BCUT2D eigenvalue weighted by Crippen LogP contribution is -2.34. The maximum absolute atomic E-state index is 13.2. The summed E-state index contributed by atoms with van der Waals surface area (Å²) in [5.74, 6) is -1.40.